The van der Waals surface area contributed by atoms with E-state index in [1.54, 1.807) is 0 Å². The van der Waals surface area contributed by atoms with Crippen molar-refractivity contribution in [3.8, 4) is 0 Å². The first-order valence-electron chi connectivity index (χ1n) is 8.05. The second-order valence-electron chi connectivity index (χ2n) is 6.19. The number of anilines is 1. The number of sulfonamides is 1. The summed E-state index contributed by atoms with van der Waals surface area (Å²) in [6.45, 7) is 4.54. The molecular weight excluding hydrogens is 379 g/mol. The summed E-state index contributed by atoms with van der Waals surface area (Å²) in [5.41, 5.74) is 0.293. The summed E-state index contributed by atoms with van der Waals surface area (Å²) in [6, 6.07) is 8.79. The molecule has 0 saturated carbocycles. The standard InChI is InChI=1S/C18H20ClFN2O3S/c1-12(2)9-10-21-18(23)16-11-15(7-8-17(16)19)26(24,25)22-14-5-3-13(20)4-6-14/h3-8,11-12,22H,9-10H2,1-2H3,(H,21,23). The highest BCUT2D eigenvalue weighted by Gasteiger charge is 2.19. The van der Waals surface area contributed by atoms with Crippen LogP contribution in [0.2, 0.25) is 5.02 Å². The molecule has 0 bridgehead atoms. The zero-order valence-corrected chi connectivity index (χ0v) is 16.0. The fraction of sp³-hybridized carbons (Fsp3) is 0.278. The predicted molar refractivity (Wildman–Crippen MR) is 100 cm³/mol. The molecule has 0 atom stereocenters. The van der Waals surface area contributed by atoms with Gasteiger partial charge in [0.05, 0.1) is 15.5 Å². The van der Waals surface area contributed by atoms with Gasteiger partial charge in [-0.1, -0.05) is 25.4 Å². The fourth-order valence-corrected chi connectivity index (χ4v) is 3.43. The minimum Gasteiger partial charge on any atom is -0.352 e. The Labute approximate surface area is 157 Å². The van der Waals surface area contributed by atoms with E-state index in [-0.39, 0.29) is 21.2 Å². The van der Waals surface area contributed by atoms with E-state index in [1.165, 1.54) is 30.3 Å². The lowest BCUT2D eigenvalue weighted by Crippen LogP contribution is -2.26. The molecule has 0 aliphatic rings. The van der Waals surface area contributed by atoms with Gasteiger partial charge in [-0.25, -0.2) is 12.8 Å². The van der Waals surface area contributed by atoms with Crippen molar-refractivity contribution < 1.29 is 17.6 Å². The summed E-state index contributed by atoms with van der Waals surface area (Å²) < 4.78 is 40.3. The average molecular weight is 399 g/mol. The van der Waals surface area contributed by atoms with Crippen LogP contribution >= 0.6 is 11.6 Å². The molecule has 0 aromatic heterocycles. The number of hydrogen-bond donors (Lipinski definition) is 2. The first-order valence-corrected chi connectivity index (χ1v) is 9.91. The summed E-state index contributed by atoms with van der Waals surface area (Å²) in [5.74, 6) is -0.480. The van der Waals surface area contributed by atoms with Crippen LogP contribution in [0.4, 0.5) is 10.1 Å². The third-order valence-corrected chi connectivity index (χ3v) is 5.30. The van der Waals surface area contributed by atoms with Gasteiger partial charge in [0.2, 0.25) is 0 Å². The van der Waals surface area contributed by atoms with E-state index in [0.717, 1.165) is 18.6 Å². The molecule has 2 aromatic rings. The number of rotatable bonds is 7. The van der Waals surface area contributed by atoms with E-state index in [2.05, 4.69) is 10.0 Å². The third kappa shape index (κ3) is 5.44. The lowest BCUT2D eigenvalue weighted by atomic mass is 10.1. The maximum atomic E-state index is 12.9. The summed E-state index contributed by atoms with van der Waals surface area (Å²) in [7, 11) is -3.94. The number of hydrogen-bond acceptors (Lipinski definition) is 3. The molecule has 0 aliphatic heterocycles. The molecule has 26 heavy (non-hydrogen) atoms. The first-order chi connectivity index (χ1) is 12.2. The molecule has 0 spiro atoms. The van der Waals surface area contributed by atoms with Gasteiger partial charge in [0.25, 0.3) is 15.9 Å². The van der Waals surface area contributed by atoms with Crippen molar-refractivity contribution in [1.29, 1.82) is 0 Å². The van der Waals surface area contributed by atoms with Gasteiger partial charge in [0.1, 0.15) is 5.82 Å². The molecular formula is C18H20ClFN2O3S. The largest absolute Gasteiger partial charge is 0.352 e. The summed E-state index contributed by atoms with van der Waals surface area (Å²) in [4.78, 5) is 12.2. The maximum absolute atomic E-state index is 12.9. The molecule has 0 unspecified atom stereocenters. The van der Waals surface area contributed by atoms with Crippen LogP contribution < -0.4 is 10.0 Å². The molecule has 5 nitrogen and oxygen atoms in total. The molecule has 2 aromatic carbocycles. The van der Waals surface area contributed by atoms with Gasteiger partial charge >= 0.3 is 0 Å². The molecule has 0 radical (unpaired) electrons. The smallest absolute Gasteiger partial charge is 0.261 e. The number of amides is 1. The third-order valence-electron chi connectivity index (χ3n) is 3.60. The Hall–Kier alpha value is -2.12. The van der Waals surface area contributed by atoms with Gasteiger partial charge in [0, 0.05) is 12.2 Å². The van der Waals surface area contributed by atoms with Crippen LogP contribution in [0.3, 0.4) is 0 Å². The zero-order chi connectivity index (χ0) is 19.3. The normalized spacial score (nSPS) is 11.4. The second kappa shape index (κ2) is 8.51. The highest BCUT2D eigenvalue weighted by Crippen LogP contribution is 2.22. The lowest BCUT2D eigenvalue weighted by molar-refractivity contribution is 0.0952. The first kappa shape index (κ1) is 20.2. The topological polar surface area (TPSA) is 75.3 Å². The Balaban J connectivity index is 2.21. The Morgan fingerprint density at radius 3 is 2.42 bits per heavy atom. The lowest BCUT2D eigenvalue weighted by Gasteiger charge is -2.11. The average Bonchev–Trinajstić information content (AvgIpc) is 2.56. The molecule has 0 heterocycles. The predicted octanol–water partition coefficient (Wildman–Crippen LogP) is 4.06. The van der Waals surface area contributed by atoms with Crippen LogP contribution in [0.25, 0.3) is 0 Å². The van der Waals surface area contributed by atoms with E-state index in [9.17, 15) is 17.6 Å². The van der Waals surface area contributed by atoms with Crippen LogP contribution in [-0.4, -0.2) is 20.9 Å². The van der Waals surface area contributed by atoms with Crippen LogP contribution in [-0.2, 0) is 10.0 Å². The van der Waals surface area contributed by atoms with Crippen molar-refractivity contribution in [2.75, 3.05) is 11.3 Å². The van der Waals surface area contributed by atoms with E-state index in [0.29, 0.717) is 12.5 Å². The molecule has 0 fully saturated rings. The van der Waals surface area contributed by atoms with Crippen LogP contribution in [0.1, 0.15) is 30.6 Å². The van der Waals surface area contributed by atoms with E-state index in [1.807, 2.05) is 13.8 Å². The summed E-state index contributed by atoms with van der Waals surface area (Å²) >= 11 is 6.04. The van der Waals surface area contributed by atoms with Crippen molar-refractivity contribution in [3.63, 3.8) is 0 Å². The maximum Gasteiger partial charge on any atom is 0.261 e. The summed E-state index contributed by atoms with van der Waals surface area (Å²) in [6.07, 6.45) is 0.799. The number of halogens is 2. The molecule has 2 N–H and O–H groups in total. The minimum atomic E-state index is -3.94. The van der Waals surface area contributed by atoms with Gasteiger partial charge < -0.3 is 5.32 Å². The van der Waals surface area contributed by atoms with Crippen LogP contribution in [0.15, 0.2) is 47.4 Å². The number of benzene rings is 2. The van der Waals surface area contributed by atoms with Crippen molar-refractivity contribution in [3.05, 3.63) is 58.9 Å². The monoisotopic (exact) mass is 398 g/mol. The van der Waals surface area contributed by atoms with Gasteiger partial charge in [-0.05, 0) is 54.8 Å². The van der Waals surface area contributed by atoms with Crippen molar-refractivity contribution >= 4 is 33.2 Å². The molecule has 8 heteroatoms. The van der Waals surface area contributed by atoms with Crippen molar-refractivity contribution in [2.24, 2.45) is 5.92 Å². The molecule has 1 amide bonds. The Bertz CT molecular complexity index is 884. The fourth-order valence-electron chi connectivity index (χ4n) is 2.15. The Morgan fingerprint density at radius 1 is 1.15 bits per heavy atom. The van der Waals surface area contributed by atoms with Crippen LogP contribution in [0, 0.1) is 11.7 Å². The highest BCUT2D eigenvalue weighted by molar-refractivity contribution is 7.92. The zero-order valence-electron chi connectivity index (χ0n) is 14.4. The Kier molecular flexibility index (Phi) is 6.61. The highest BCUT2D eigenvalue weighted by atomic mass is 35.5. The number of nitrogens with one attached hydrogen (secondary N) is 2. The Morgan fingerprint density at radius 2 is 1.81 bits per heavy atom. The van der Waals surface area contributed by atoms with Crippen molar-refractivity contribution in [1.82, 2.24) is 5.32 Å². The molecule has 0 saturated heterocycles. The number of carbonyl (C=O) groups excluding carboxylic acids is 1. The minimum absolute atomic E-state index is 0.0809. The van der Waals surface area contributed by atoms with Gasteiger partial charge in [0.15, 0.2) is 0 Å². The van der Waals surface area contributed by atoms with Gasteiger partial charge in [-0.15, -0.1) is 0 Å². The summed E-state index contributed by atoms with van der Waals surface area (Å²) in [5, 5.41) is 2.89. The van der Waals surface area contributed by atoms with E-state index < -0.39 is 21.7 Å². The van der Waals surface area contributed by atoms with Gasteiger partial charge in [-0.3, -0.25) is 9.52 Å². The molecule has 0 aliphatic carbocycles. The van der Waals surface area contributed by atoms with E-state index >= 15 is 0 Å². The molecule has 140 valence electrons. The van der Waals surface area contributed by atoms with Crippen LogP contribution in [0.5, 0.6) is 0 Å². The molecule has 2 rings (SSSR count). The van der Waals surface area contributed by atoms with Gasteiger partial charge in [-0.2, -0.15) is 0 Å². The van der Waals surface area contributed by atoms with Crippen molar-refractivity contribution in [2.45, 2.75) is 25.2 Å². The van der Waals surface area contributed by atoms with E-state index in [4.69, 9.17) is 11.6 Å². The SMILES string of the molecule is CC(C)CCNC(=O)c1cc(S(=O)(=O)Nc2ccc(F)cc2)ccc1Cl. The number of carbonyl (C=O) groups is 1. The quantitative estimate of drug-likeness (QED) is 0.738. The second-order valence-corrected chi connectivity index (χ2v) is 8.28.